The summed E-state index contributed by atoms with van der Waals surface area (Å²) in [6.07, 6.45) is 7.48. The molecule has 23 heavy (non-hydrogen) atoms. The monoisotopic (exact) mass is 312 g/mol. The van der Waals surface area contributed by atoms with Crippen LogP contribution in [0, 0.1) is 12.3 Å². The Balaban J connectivity index is 1.71. The van der Waals surface area contributed by atoms with Crippen molar-refractivity contribution < 1.29 is 4.74 Å². The molecule has 1 nitrogen and oxygen atoms in total. The van der Waals surface area contributed by atoms with Crippen LogP contribution in [0.15, 0.2) is 30.5 Å². The highest BCUT2D eigenvalue weighted by atomic mass is 16.5. The molecular weight excluding hydrogens is 280 g/mol. The first kappa shape index (κ1) is 16.6. The minimum absolute atomic E-state index is 0.136. The van der Waals surface area contributed by atoms with Crippen LogP contribution >= 0.6 is 0 Å². The molecule has 0 heterocycles. The summed E-state index contributed by atoms with van der Waals surface area (Å²) in [6, 6.07) is 7.05. The summed E-state index contributed by atoms with van der Waals surface area (Å²) < 4.78 is 6.09. The maximum Gasteiger partial charge on any atom is 0.100 e. The summed E-state index contributed by atoms with van der Waals surface area (Å²) >= 11 is 0. The minimum Gasteiger partial charge on any atom is -0.493 e. The molecule has 3 rings (SSSR count). The van der Waals surface area contributed by atoms with Gasteiger partial charge in [-0.15, -0.1) is 0 Å². The van der Waals surface area contributed by atoms with Gasteiger partial charge < -0.3 is 4.74 Å². The second-order valence-electron chi connectivity index (χ2n) is 9.14. The molecule has 1 aromatic carbocycles. The van der Waals surface area contributed by atoms with E-state index in [9.17, 15) is 0 Å². The maximum absolute atomic E-state index is 6.09. The molecule has 0 atom stereocenters. The SMILES string of the molecule is C=C(OC(C)(C)C)C1(CCc2cc(C)ccc2C2(C)CC2)CC1. The standard InChI is InChI=1S/C22H32O/c1-16-7-8-19(21(6)11-12-21)18(15-16)9-10-22(13-14-22)17(2)23-20(3,4)5/h7-8,15H,2,9-14H2,1,3-6H3. The predicted molar refractivity (Wildman–Crippen MR) is 97.7 cm³/mol. The van der Waals surface area contributed by atoms with Gasteiger partial charge in [-0.05, 0) is 82.8 Å². The second-order valence-corrected chi connectivity index (χ2v) is 9.14. The topological polar surface area (TPSA) is 9.23 Å². The first-order valence-corrected chi connectivity index (χ1v) is 9.12. The lowest BCUT2D eigenvalue weighted by molar-refractivity contribution is 0.0294. The zero-order valence-electron chi connectivity index (χ0n) is 15.6. The van der Waals surface area contributed by atoms with Gasteiger partial charge in [-0.1, -0.05) is 37.3 Å². The molecule has 2 fully saturated rings. The van der Waals surface area contributed by atoms with Gasteiger partial charge in [0.05, 0.1) is 5.76 Å². The molecule has 0 aliphatic heterocycles. The Morgan fingerprint density at radius 1 is 1.17 bits per heavy atom. The highest BCUT2D eigenvalue weighted by molar-refractivity contribution is 5.40. The summed E-state index contributed by atoms with van der Waals surface area (Å²) in [5.74, 6) is 1.01. The Bertz CT molecular complexity index is 609. The highest BCUT2D eigenvalue weighted by Gasteiger charge is 2.47. The van der Waals surface area contributed by atoms with Crippen molar-refractivity contribution in [2.45, 2.75) is 84.2 Å². The average Bonchev–Trinajstić information content (AvgIpc) is 3.32. The molecule has 126 valence electrons. The number of hydrogen-bond acceptors (Lipinski definition) is 1. The first-order chi connectivity index (χ1) is 10.6. The number of aryl methyl sites for hydroxylation is 2. The molecule has 1 heteroatoms. The van der Waals surface area contributed by atoms with Gasteiger partial charge in [0, 0.05) is 5.41 Å². The molecule has 0 unspecified atom stereocenters. The number of rotatable bonds is 6. The highest BCUT2D eigenvalue weighted by Crippen LogP contribution is 2.56. The third-order valence-corrected chi connectivity index (χ3v) is 5.66. The lowest BCUT2D eigenvalue weighted by atomic mass is 9.87. The molecule has 0 bridgehead atoms. The van der Waals surface area contributed by atoms with E-state index in [2.05, 4.69) is 59.4 Å². The number of benzene rings is 1. The third kappa shape index (κ3) is 3.65. The van der Waals surface area contributed by atoms with Crippen molar-refractivity contribution in [3.63, 3.8) is 0 Å². The molecule has 2 aliphatic rings. The molecule has 2 aliphatic carbocycles. The van der Waals surface area contributed by atoms with Crippen molar-refractivity contribution in [3.8, 4) is 0 Å². The minimum atomic E-state index is -0.136. The normalized spacial score (nSPS) is 20.9. The molecule has 0 aromatic heterocycles. The van der Waals surface area contributed by atoms with Crippen molar-refractivity contribution in [1.82, 2.24) is 0 Å². The van der Waals surface area contributed by atoms with Crippen LogP contribution in [-0.4, -0.2) is 5.60 Å². The van der Waals surface area contributed by atoms with E-state index >= 15 is 0 Å². The molecule has 0 spiro atoms. The number of hydrogen-bond donors (Lipinski definition) is 0. The summed E-state index contributed by atoms with van der Waals surface area (Å²) in [5.41, 5.74) is 5.06. The molecule has 0 amide bonds. The third-order valence-electron chi connectivity index (χ3n) is 5.66. The van der Waals surface area contributed by atoms with E-state index in [4.69, 9.17) is 4.74 Å². The largest absolute Gasteiger partial charge is 0.493 e. The summed E-state index contributed by atoms with van der Waals surface area (Å²) in [4.78, 5) is 0. The van der Waals surface area contributed by atoms with E-state index in [1.54, 1.807) is 11.1 Å². The van der Waals surface area contributed by atoms with Crippen LogP contribution in [0.25, 0.3) is 0 Å². The van der Waals surface area contributed by atoms with Gasteiger partial charge in [-0.3, -0.25) is 0 Å². The fourth-order valence-corrected chi connectivity index (χ4v) is 3.65. The molecule has 0 radical (unpaired) electrons. The fraction of sp³-hybridized carbons (Fsp3) is 0.636. The fourth-order valence-electron chi connectivity index (χ4n) is 3.65. The van der Waals surface area contributed by atoms with Gasteiger partial charge in [0.2, 0.25) is 0 Å². The Kier molecular flexibility index (Phi) is 3.90. The maximum atomic E-state index is 6.09. The van der Waals surface area contributed by atoms with Crippen LogP contribution in [0.3, 0.4) is 0 Å². The zero-order chi connectivity index (χ0) is 16.9. The van der Waals surface area contributed by atoms with Crippen molar-refractivity contribution in [1.29, 1.82) is 0 Å². The first-order valence-electron chi connectivity index (χ1n) is 9.12. The lowest BCUT2D eigenvalue weighted by Crippen LogP contribution is -2.22. The van der Waals surface area contributed by atoms with E-state index in [1.807, 2.05) is 0 Å². The molecule has 1 aromatic rings. The predicted octanol–water partition coefficient (Wildman–Crippen LogP) is 6.09. The van der Waals surface area contributed by atoms with E-state index < -0.39 is 0 Å². The average molecular weight is 312 g/mol. The van der Waals surface area contributed by atoms with Crippen molar-refractivity contribution >= 4 is 0 Å². The second kappa shape index (κ2) is 5.40. The van der Waals surface area contributed by atoms with Crippen molar-refractivity contribution in [2.75, 3.05) is 0 Å². The van der Waals surface area contributed by atoms with Crippen molar-refractivity contribution in [2.24, 2.45) is 5.41 Å². The van der Waals surface area contributed by atoms with Crippen LogP contribution < -0.4 is 0 Å². The van der Waals surface area contributed by atoms with Gasteiger partial charge in [-0.2, -0.15) is 0 Å². The van der Waals surface area contributed by atoms with Crippen molar-refractivity contribution in [3.05, 3.63) is 47.2 Å². The van der Waals surface area contributed by atoms with Crippen LogP contribution in [-0.2, 0) is 16.6 Å². The summed E-state index contributed by atoms with van der Waals surface area (Å²) in [7, 11) is 0. The Morgan fingerprint density at radius 2 is 1.83 bits per heavy atom. The zero-order valence-corrected chi connectivity index (χ0v) is 15.6. The Hall–Kier alpha value is -1.24. The van der Waals surface area contributed by atoms with Gasteiger partial charge in [0.15, 0.2) is 0 Å². The molecule has 0 N–H and O–H groups in total. The Morgan fingerprint density at radius 3 is 2.35 bits per heavy atom. The van der Waals surface area contributed by atoms with Crippen LogP contribution in [0.4, 0.5) is 0 Å². The smallest absolute Gasteiger partial charge is 0.100 e. The van der Waals surface area contributed by atoms with E-state index in [0.29, 0.717) is 5.41 Å². The molecule has 2 saturated carbocycles. The van der Waals surface area contributed by atoms with Gasteiger partial charge in [0.25, 0.3) is 0 Å². The summed E-state index contributed by atoms with van der Waals surface area (Å²) in [5, 5.41) is 0. The summed E-state index contributed by atoms with van der Waals surface area (Å²) in [6.45, 7) is 15.2. The van der Waals surface area contributed by atoms with E-state index in [0.717, 1.165) is 12.2 Å². The van der Waals surface area contributed by atoms with Gasteiger partial charge >= 0.3 is 0 Å². The number of ether oxygens (including phenoxy) is 1. The van der Waals surface area contributed by atoms with E-state index in [1.165, 1.54) is 37.7 Å². The van der Waals surface area contributed by atoms with Gasteiger partial charge in [-0.25, -0.2) is 0 Å². The molecule has 0 saturated heterocycles. The number of allylic oxidation sites excluding steroid dienone is 1. The quantitative estimate of drug-likeness (QED) is 0.578. The Labute approximate surface area is 142 Å². The van der Waals surface area contributed by atoms with Gasteiger partial charge in [0.1, 0.15) is 5.60 Å². The van der Waals surface area contributed by atoms with Crippen LogP contribution in [0.1, 0.15) is 76.5 Å². The lowest BCUT2D eigenvalue weighted by Gasteiger charge is -2.28. The van der Waals surface area contributed by atoms with Crippen LogP contribution in [0.2, 0.25) is 0 Å². The molecular formula is C22H32O. The van der Waals surface area contributed by atoms with Crippen LogP contribution in [0.5, 0.6) is 0 Å². The van der Waals surface area contributed by atoms with E-state index in [-0.39, 0.29) is 11.0 Å².